The van der Waals surface area contributed by atoms with E-state index in [9.17, 15) is 4.79 Å². The maximum atomic E-state index is 12.8. The van der Waals surface area contributed by atoms with E-state index in [2.05, 4.69) is 34.3 Å². The largest absolute Gasteiger partial charge is 0.379 e. The number of amides is 1. The number of nitrogens with one attached hydrogen (secondary N) is 2. The predicted molar refractivity (Wildman–Crippen MR) is 113 cm³/mol. The molecule has 160 valence electrons. The quantitative estimate of drug-likeness (QED) is 0.528. The second kappa shape index (κ2) is 11.0. The number of ether oxygens (including phenoxy) is 1. The summed E-state index contributed by atoms with van der Waals surface area (Å²) < 4.78 is 5.44. The second-order valence-corrected chi connectivity index (χ2v) is 8.47. The first-order valence-electron chi connectivity index (χ1n) is 11.3. The normalized spacial score (nSPS) is 26.3. The molecule has 0 bridgehead atoms. The molecule has 2 unspecified atom stereocenters. The Labute approximate surface area is 170 Å². The van der Waals surface area contributed by atoms with Crippen molar-refractivity contribution in [1.82, 2.24) is 20.4 Å². The Kier molecular flexibility index (Phi) is 8.40. The van der Waals surface area contributed by atoms with E-state index in [4.69, 9.17) is 9.73 Å². The Morgan fingerprint density at radius 2 is 1.89 bits per heavy atom. The maximum absolute atomic E-state index is 12.8. The van der Waals surface area contributed by atoms with Crippen LogP contribution < -0.4 is 10.6 Å². The van der Waals surface area contributed by atoms with Crippen molar-refractivity contribution < 1.29 is 9.53 Å². The van der Waals surface area contributed by atoms with Gasteiger partial charge in [0.05, 0.1) is 19.8 Å². The van der Waals surface area contributed by atoms with E-state index in [1.165, 1.54) is 19.3 Å². The molecule has 0 aromatic heterocycles. The molecular formula is C21H39N5O2. The van der Waals surface area contributed by atoms with Gasteiger partial charge in [-0.3, -0.25) is 14.7 Å². The average Bonchev–Trinajstić information content (AvgIpc) is 3.21. The maximum Gasteiger partial charge on any atom is 0.225 e. The van der Waals surface area contributed by atoms with Gasteiger partial charge in [0, 0.05) is 50.7 Å². The Hall–Kier alpha value is -1.34. The van der Waals surface area contributed by atoms with E-state index < -0.39 is 0 Å². The van der Waals surface area contributed by atoms with Gasteiger partial charge in [-0.25, -0.2) is 0 Å². The van der Waals surface area contributed by atoms with Gasteiger partial charge in [-0.2, -0.15) is 0 Å². The van der Waals surface area contributed by atoms with Crippen LogP contribution in [0.3, 0.4) is 0 Å². The van der Waals surface area contributed by atoms with Crippen LogP contribution in [0, 0.1) is 5.92 Å². The standard InChI is InChI=1S/C21H39N5O2/c1-3-22-21(23-15-17(2)25-11-13-28-14-12-25)24-19-9-10-26(16-19)20(27)18-7-5-4-6-8-18/h17-19H,3-16H2,1-2H3,(H2,22,23,24). The second-order valence-electron chi connectivity index (χ2n) is 8.47. The van der Waals surface area contributed by atoms with Gasteiger partial charge in [0.15, 0.2) is 5.96 Å². The molecule has 0 aromatic carbocycles. The first-order valence-corrected chi connectivity index (χ1v) is 11.3. The molecule has 1 aliphatic carbocycles. The smallest absolute Gasteiger partial charge is 0.225 e. The molecule has 2 atom stereocenters. The lowest BCUT2D eigenvalue weighted by atomic mass is 9.88. The molecule has 1 saturated carbocycles. The average molecular weight is 394 g/mol. The summed E-state index contributed by atoms with van der Waals surface area (Å²) >= 11 is 0. The number of carbonyl (C=O) groups excluding carboxylic acids is 1. The summed E-state index contributed by atoms with van der Waals surface area (Å²) in [5.41, 5.74) is 0. The molecule has 7 nitrogen and oxygen atoms in total. The summed E-state index contributed by atoms with van der Waals surface area (Å²) in [4.78, 5) is 22.1. The monoisotopic (exact) mass is 393 g/mol. The van der Waals surface area contributed by atoms with Crippen molar-refractivity contribution in [1.29, 1.82) is 0 Å². The van der Waals surface area contributed by atoms with Crippen molar-refractivity contribution in [2.45, 2.75) is 64.5 Å². The molecule has 2 N–H and O–H groups in total. The summed E-state index contributed by atoms with van der Waals surface area (Å²) in [6, 6.07) is 0.705. The number of carbonyl (C=O) groups is 1. The van der Waals surface area contributed by atoms with Gasteiger partial charge < -0.3 is 20.3 Å². The number of aliphatic imine (C=N–C) groups is 1. The molecule has 3 rings (SSSR count). The van der Waals surface area contributed by atoms with E-state index in [0.29, 0.717) is 18.0 Å². The summed E-state index contributed by atoms with van der Waals surface area (Å²) in [5, 5.41) is 6.93. The van der Waals surface area contributed by atoms with Crippen LogP contribution in [0.15, 0.2) is 4.99 Å². The van der Waals surface area contributed by atoms with Crippen LogP contribution >= 0.6 is 0 Å². The predicted octanol–water partition coefficient (Wildman–Crippen LogP) is 1.44. The molecule has 0 radical (unpaired) electrons. The fourth-order valence-corrected chi connectivity index (χ4v) is 4.56. The number of morpholine rings is 1. The lowest BCUT2D eigenvalue weighted by molar-refractivity contribution is -0.135. The number of hydrogen-bond acceptors (Lipinski definition) is 4. The molecule has 2 saturated heterocycles. The zero-order valence-corrected chi connectivity index (χ0v) is 17.8. The molecule has 0 aromatic rings. The van der Waals surface area contributed by atoms with E-state index in [1.807, 2.05) is 0 Å². The van der Waals surface area contributed by atoms with Crippen LogP contribution in [0.1, 0.15) is 52.4 Å². The van der Waals surface area contributed by atoms with Gasteiger partial charge in [-0.15, -0.1) is 0 Å². The SMILES string of the molecule is CCNC(=NCC(C)N1CCOCC1)NC1CCN(C(=O)C2CCCCC2)C1. The van der Waals surface area contributed by atoms with Crippen molar-refractivity contribution in [3.05, 3.63) is 0 Å². The minimum Gasteiger partial charge on any atom is -0.379 e. The third-order valence-corrected chi connectivity index (χ3v) is 6.32. The number of hydrogen-bond donors (Lipinski definition) is 2. The first-order chi connectivity index (χ1) is 13.7. The van der Waals surface area contributed by atoms with Crippen molar-refractivity contribution in [2.24, 2.45) is 10.9 Å². The minimum absolute atomic E-state index is 0.267. The van der Waals surface area contributed by atoms with Crippen molar-refractivity contribution in [2.75, 3.05) is 52.5 Å². The van der Waals surface area contributed by atoms with Gasteiger partial charge in [0.25, 0.3) is 0 Å². The lowest BCUT2D eigenvalue weighted by Gasteiger charge is -2.31. The topological polar surface area (TPSA) is 69.2 Å². The molecule has 28 heavy (non-hydrogen) atoms. The third kappa shape index (κ3) is 6.08. The minimum atomic E-state index is 0.267. The third-order valence-electron chi connectivity index (χ3n) is 6.32. The Morgan fingerprint density at radius 1 is 1.14 bits per heavy atom. The molecule has 2 aliphatic heterocycles. The summed E-state index contributed by atoms with van der Waals surface area (Å²) in [6.07, 6.45) is 6.88. The summed E-state index contributed by atoms with van der Waals surface area (Å²) in [7, 11) is 0. The number of likely N-dealkylation sites (tertiary alicyclic amines) is 1. The van der Waals surface area contributed by atoms with Gasteiger partial charge in [-0.05, 0) is 33.1 Å². The zero-order chi connectivity index (χ0) is 19.8. The number of rotatable bonds is 6. The van der Waals surface area contributed by atoms with Crippen LogP contribution in [0.25, 0.3) is 0 Å². The van der Waals surface area contributed by atoms with Crippen LogP contribution in [-0.2, 0) is 9.53 Å². The molecule has 3 aliphatic rings. The Bertz CT molecular complexity index is 515. The number of nitrogens with zero attached hydrogens (tertiary/aromatic N) is 3. The number of guanidine groups is 1. The highest BCUT2D eigenvalue weighted by Gasteiger charge is 2.31. The highest BCUT2D eigenvalue weighted by atomic mass is 16.5. The zero-order valence-electron chi connectivity index (χ0n) is 17.8. The molecule has 0 spiro atoms. The van der Waals surface area contributed by atoms with Gasteiger partial charge in [0.1, 0.15) is 0 Å². The molecule has 3 fully saturated rings. The highest BCUT2D eigenvalue weighted by Crippen LogP contribution is 2.26. The van der Waals surface area contributed by atoms with Crippen LogP contribution in [-0.4, -0.2) is 86.2 Å². The molecular weight excluding hydrogens is 354 g/mol. The fourth-order valence-electron chi connectivity index (χ4n) is 4.56. The van der Waals surface area contributed by atoms with Gasteiger partial charge >= 0.3 is 0 Å². The van der Waals surface area contributed by atoms with Crippen LogP contribution in [0.2, 0.25) is 0 Å². The van der Waals surface area contributed by atoms with Gasteiger partial charge in [0.2, 0.25) is 5.91 Å². The first kappa shape index (κ1) is 21.4. The fraction of sp³-hybridized carbons (Fsp3) is 0.905. The van der Waals surface area contributed by atoms with Crippen molar-refractivity contribution in [3.63, 3.8) is 0 Å². The van der Waals surface area contributed by atoms with Crippen LogP contribution in [0.5, 0.6) is 0 Å². The molecule has 2 heterocycles. The van der Waals surface area contributed by atoms with E-state index in [-0.39, 0.29) is 5.92 Å². The van der Waals surface area contributed by atoms with Crippen LogP contribution in [0.4, 0.5) is 0 Å². The van der Waals surface area contributed by atoms with E-state index >= 15 is 0 Å². The summed E-state index contributed by atoms with van der Waals surface area (Å²) in [6.45, 7) is 11.2. The van der Waals surface area contributed by atoms with E-state index in [0.717, 1.165) is 77.7 Å². The van der Waals surface area contributed by atoms with Crippen molar-refractivity contribution in [3.8, 4) is 0 Å². The Morgan fingerprint density at radius 3 is 2.61 bits per heavy atom. The van der Waals surface area contributed by atoms with Gasteiger partial charge in [-0.1, -0.05) is 19.3 Å². The molecule has 7 heteroatoms. The Balaban J connectivity index is 1.47. The van der Waals surface area contributed by atoms with Crippen molar-refractivity contribution >= 4 is 11.9 Å². The van der Waals surface area contributed by atoms with E-state index in [1.54, 1.807) is 0 Å². The summed E-state index contributed by atoms with van der Waals surface area (Å²) in [5.74, 6) is 1.52. The molecule has 1 amide bonds. The highest BCUT2D eigenvalue weighted by molar-refractivity contribution is 5.81. The lowest BCUT2D eigenvalue weighted by Crippen LogP contribution is -2.47.